The van der Waals surface area contributed by atoms with Crippen LogP contribution in [-0.4, -0.2) is 43.1 Å². The van der Waals surface area contributed by atoms with Crippen LogP contribution in [0.15, 0.2) is 30.3 Å². The summed E-state index contributed by atoms with van der Waals surface area (Å²) in [5.41, 5.74) is 0. The average Bonchev–Trinajstić information content (AvgIpc) is 3.08. The molecule has 21 heavy (non-hydrogen) atoms. The van der Waals surface area contributed by atoms with E-state index >= 15 is 0 Å². The van der Waals surface area contributed by atoms with Crippen molar-refractivity contribution in [2.75, 3.05) is 26.2 Å². The molecule has 0 radical (unpaired) electrons. The van der Waals surface area contributed by atoms with Crippen molar-refractivity contribution in [3.05, 3.63) is 30.3 Å². The van der Waals surface area contributed by atoms with E-state index in [0.29, 0.717) is 6.04 Å². The van der Waals surface area contributed by atoms with E-state index in [1.54, 1.807) is 0 Å². The number of nitrogens with one attached hydrogen (secondary N) is 1. The first-order chi connectivity index (χ1) is 10.3. The van der Waals surface area contributed by atoms with Crippen molar-refractivity contribution < 1.29 is 9.53 Å². The third kappa shape index (κ3) is 3.76. The van der Waals surface area contributed by atoms with Gasteiger partial charge < -0.3 is 15.0 Å². The molecular weight excluding hydrogens is 264 g/mol. The number of benzene rings is 1. The van der Waals surface area contributed by atoms with Crippen molar-refractivity contribution >= 4 is 5.91 Å². The second kappa shape index (κ2) is 6.94. The molecule has 1 amide bonds. The van der Waals surface area contributed by atoms with Gasteiger partial charge in [0, 0.05) is 19.1 Å². The van der Waals surface area contributed by atoms with Crippen LogP contribution >= 0.6 is 0 Å². The van der Waals surface area contributed by atoms with Gasteiger partial charge in [-0.3, -0.25) is 4.79 Å². The number of piperidine rings is 1. The first kappa shape index (κ1) is 14.4. The van der Waals surface area contributed by atoms with Gasteiger partial charge in [-0.15, -0.1) is 0 Å². The number of carbonyl (C=O) groups excluding carboxylic acids is 1. The maximum absolute atomic E-state index is 12.2. The number of carbonyl (C=O) groups is 1. The molecule has 1 aromatic rings. The van der Waals surface area contributed by atoms with Gasteiger partial charge in [0.15, 0.2) is 6.61 Å². The van der Waals surface area contributed by atoms with Crippen LogP contribution in [0.3, 0.4) is 0 Å². The number of hydrogen-bond acceptors (Lipinski definition) is 3. The Labute approximate surface area is 126 Å². The van der Waals surface area contributed by atoms with Crippen LogP contribution in [0.2, 0.25) is 0 Å². The maximum Gasteiger partial charge on any atom is 0.260 e. The molecule has 2 heterocycles. The Kier molecular flexibility index (Phi) is 4.76. The summed E-state index contributed by atoms with van der Waals surface area (Å²) in [7, 11) is 0. The van der Waals surface area contributed by atoms with Crippen LogP contribution in [0.5, 0.6) is 5.75 Å². The molecule has 1 aromatic carbocycles. The smallest absolute Gasteiger partial charge is 0.260 e. The van der Waals surface area contributed by atoms with E-state index in [0.717, 1.165) is 44.1 Å². The normalized spacial score (nSPS) is 23.2. The zero-order chi connectivity index (χ0) is 14.5. The highest BCUT2D eigenvalue weighted by molar-refractivity contribution is 5.77. The van der Waals surface area contributed by atoms with Crippen LogP contribution in [0.4, 0.5) is 0 Å². The average molecular weight is 288 g/mol. The number of nitrogens with zero attached hydrogens (tertiary/aromatic N) is 1. The van der Waals surface area contributed by atoms with E-state index in [1.807, 2.05) is 35.2 Å². The van der Waals surface area contributed by atoms with E-state index in [2.05, 4.69) is 5.32 Å². The van der Waals surface area contributed by atoms with Gasteiger partial charge in [0.05, 0.1) is 0 Å². The molecule has 2 saturated heterocycles. The van der Waals surface area contributed by atoms with Crippen molar-refractivity contribution in [1.82, 2.24) is 10.2 Å². The van der Waals surface area contributed by atoms with Crippen LogP contribution in [0, 0.1) is 5.92 Å². The Morgan fingerprint density at radius 2 is 1.95 bits per heavy atom. The quantitative estimate of drug-likeness (QED) is 0.922. The summed E-state index contributed by atoms with van der Waals surface area (Å²) in [6.45, 7) is 3.06. The van der Waals surface area contributed by atoms with Crippen molar-refractivity contribution in [3.63, 3.8) is 0 Å². The van der Waals surface area contributed by atoms with E-state index in [-0.39, 0.29) is 12.5 Å². The van der Waals surface area contributed by atoms with Crippen molar-refractivity contribution in [2.45, 2.75) is 31.7 Å². The van der Waals surface area contributed by atoms with Crippen molar-refractivity contribution in [2.24, 2.45) is 5.92 Å². The molecule has 4 heteroatoms. The maximum atomic E-state index is 12.2. The fourth-order valence-electron chi connectivity index (χ4n) is 3.42. The van der Waals surface area contributed by atoms with Crippen LogP contribution < -0.4 is 10.1 Å². The van der Waals surface area contributed by atoms with Crippen molar-refractivity contribution in [1.29, 1.82) is 0 Å². The molecular formula is C17H24N2O2. The second-order valence-electron chi connectivity index (χ2n) is 6.02. The lowest BCUT2D eigenvalue weighted by Gasteiger charge is -2.34. The number of amides is 1. The minimum absolute atomic E-state index is 0.108. The number of ether oxygens (including phenoxy) is 1. The van der Waals surface area contributed by atoms with Gasteiger partial charge in [-0.05, 0) is 50.3 Å². The predicted molar refractivity (Wildman–Crippen MR) is 82.3 cm³/mol. The summed E-state index contributed by atoms with van der Waals surface area (Å²) in [5, 5.41) is 3.59. The van der Waals surface area contributed by atoms with Gasteiger partial charge >= 0.3 is 0 Å². The first-order valence-corrected chi connectivity index (χ1v) is 8.02. The molecule has 1 atom stereocenters. The topological polar surface area (TPSA) is 41.6 Å². The van der Waals surface area contributed by atoms with Gasteiger partial charge in [0.2, 0.25) is 0 Å². The summed E-state index contributed by atoms with van der Waals surface area (Å²) < 4.78 is 5.54. The van der Waals surface area contributed by atoms with E-state index < -0.39 is 0 Å². The SMILES string of the molecule is O=C(COc1ccccc1)N1CCC(C2CCCN2)CC1. The number of rotatable bonds is 4. The Morgan fingerprint density at radius 1 is 1.19 bits per heavy atom. The molecule has 4 nitrogen and oxygen atoms in total. The van der Waals surface area contributed by atoms with Gasteiger partial charge in [-0.2, -0.15) is 0 Å². The molecule has 2 aliphatic heterocycles. The monoisotopic (exact) mass is 288 g/mol. The number of para-hydroxylation sites is 1. The lowest BCUT2D eigenvalue weighted by atomic mass is 9.88. The van der Waals surface area contributed by atoms with Crippen molar-refractivity contribution in [3.8, 4) is 5.75 Å². The largest absolute Gasteiger partial charge is 0.484 e. The van der Waals surface area contributed by atoms with Gasteiger partial charge in [0.25, 0.3) is 5.91 Å². The minimum atomic E-state index is 0.108. The molecule has 0 saturated carbocycles. The molecule has 114 valence electrons. The van der Waals surface area contributed by atoms with Gasteiger partial charge in [-0.1, -0.05) is 18.2 Å². The Morgan fingerprint density at radius 3 is 2.62 bits per heavy atom. The summed E-state index contributed by atoms with van der Waals surface area (Å²) >= 11 is 0. The highest BCUT2D eigenvalue weighted by Crippen LogP contribution is 2.25. The fourth-order valence-corrected chi connectivity index (χ4v) is 3.42. The molecule has 1 unspecified atom stereocenters. The van der Waals surface area contributed by atoms with Gasteiger partial charge in [-0.25, -0.2) is 0 Å². The van der Waals surface area contributed by atoms with E-state index in [4.69, 9.17) is 4.74 Å². The molecule has 1 N–H and O–H groups in total. The molecule has 0 bridgehead atoms. The fraction of sp³-hybridized carbons (Fsp3) is 0.588. The molecule has 0 aromatic heterocycles. The standard InChI is InChI=1S/C17H24N2O2/c20-17(13-21-15-5-2-1-3-6-15)19-11-8-14(9-12-19)16-7-4-10-18-16/h1-3,5-6,14,16,18H,4,7-13H2. The lowest BCUT2D eigenvalue weighted by molar-refractivity contribution is -0.134. The third-order valence-corrected chi connectivity index (χ3v) is 4.67. The highest BCUT2D eigenvalue weighted by atomic mass is 16.5. The molecule has 3 rings (SSSR count). The van der Waals surface area contributed by atoms with Crippen LogP contribution in [0.1, 0.15) is 25.7 Å². The Balaban J connectivity index is 1.42. The summed E-state index contributed by atoms with van der Waals surface area (Å²) in [5.74, 6) is 1.61. The first-order valence-electron chi connectivity index (χ1n) is 8.02. The third-order valence-electron chi connectivity index (χ3n) is 4.67. The number of hydrogen-bond donors (Lipinski definition) is 1. The molecule has 0 aliphatic carbocycles. The Bertz CT molecular complexity index is 449. The number of likely N-dealkylation sites (tertiary alicyclic amines) is 1. The van der Waals surface area contributed by atoms with Gasteiger partial charge in [0.1, 0.15) is 5.75 Å². The van der Waals surface area contributed by atoms with E-state index in [9.17, 15) is 4.79 Å². The van der Waals surface area contributed by atoms with Crippen LogP contribution in [0.25, 0.3) is 0 Å². The molecule has 2 fully saturated rings. The van der Waals surface area contributed by atoms with Crippen LogP contribution in [-0.2, 0) is 4.79 Å². The summed E-state index contributed by atoms with van der Waals surface area (Å²) in [4.78, 5) is 14.1. The zero-order valence-electron chi connectivity index (χ0n) is 12.5. The van der Waals surface area contributed by atoms with E-state index in [1.165, 1.54) is 12.8 Å². The second-order valence-corrected chi connectivity index (χ2v) is 6.02. The molecule has 0 spiro atoms. The zero-order valence-corrected chi connectivity index (χ0v) is 12.5. The minimum Gasteiger partial charge on any atom is -0.484 e. The molecule has 2 aliphatic rings. The summed E-state index contributed by atoms with van der Waals surface area (Å²) in [6.07, 6.45) is 4.84. The lowest BCUT2D eigenvalue weighted by Crippen LogP contribution is -2.44. The summed E-state index contributed by atoms with van der Waals surface area (Å²) in [6, 6.07) is 10.2. The highest BCUT2D eigenvalue weighted by Gasteiger charge is 2.29. The Hall–Kier alpha value is -1.55. The predicted octanol–water partition coefficient (Wildman–Crippen LogP) is 2.06.